The van der Waals surface area contributed by atoms with E-state index in [4.69, 9.17) is 0 Å². The van der Waals surface area contributed by atoms with E-state index in [1.165, 1.54) is 0 Å². The molecular weight excluding hydrogens is 306 g/mol. The number of benzene rings is 1. The molecule has 0 saturated heterocycles. The van der Waals surface area contributed by atoms with Gasteiger partial charge >= 0.3 is 0 Å². The number of amides is 1. The molecule has 0 aromatic heterocycles. The summed E-state index contributed by atoms with van der Waals surface area (Å²) in [5, 5.41) is 5.54. The first kappa shape index (κ1) is 15.0. The topological polar surface area (TPSA) is 41.1 Å². The predicted molar refractivity (Wildman–Crippen MR) is 69.5 cm³/mol. The van der Waals surface area contributed by atoms with Gasteiger partial charge < -0.3 is 10.6 Å². The van der Waals surface area contributed by atoms with E-state index in [1.807, 2.05) is 13.8 Å². The number of nitrogens with one attached hydrogen (secondary N) is 2. The minimum Gasteiger partial charge on any atom is -0.351 e. The zero-order valence-corrected chi connectivity index (χ0v) is 11.8. The van der Waals surface area contributed by atoms with Crippen LogP contribution in [-0.4, -0.2) is 25.0 Å². The molecule has 0 fully saturated rings. The van der Waals surface area contributed by atoms with Crippen molar-refractivity contribution in [1.29, 1.82) is 0 Å². The second-order valence-electron chi connectivity index (χ2n) is 4.11. The Morgan fingerprint density at radius 2 is 1.83 bits per heavy atom. The Morgan fingerprint density at radius 3 is 2.33 bits per heavy atom. The zero-order chi connectivity index (χ0) is 13.7. The number of halogens is 3. The molecule has 100 valence electrons. The fraction of sp³-hybridized carbons (Fsp3) is 0.417. The lowest BCUT2D eigenvalue weighted by Crippen LogP contribution is -2.35. The minimum atomic E-state index is -0.879. The summed E-state index contributed by atoms with van der Waals surface area (Å²) >= 11 is 2.95. The zero-order valence-electron chi connectivity index (χ0n) is 10.2. The summed E-state index contributed by atoms with van der Waals surface area (Å²) in [6, 6.07) is 2.41. The van der Waals surface area contributed by atoms with Crippen LogP contribution in [0.2, 0.25) is 0 Å². The van der Waals surface area contributed by atoms with E-state index >= 15 is 0 Å². The van der Waals surface area contributed by atoms with Crippen molar-refractivity contribution in [2.24, 2.45) is 0 Å². The summed E-state index contributed by atoms with van der Waals surface area (Å²) in [7, 11) is 0. The van der Waals surface area contributed by atoms with E-state index < -0.39 is 23.1 Å². The van der Waals surface area contributed by atoms with Crippen LogP contribution in [0.15, 0.2) is 16.6 Å². The maximum Gasteiger partial charge on any atom is 0.257 e. The van der Waals surface area contributed by atoms with Crippen molar-refractivity contribution in [2.75, 3.05) is 13.1 Å². The van der Waals surface area contributed by atoms with Gasteiger partial charge in [-0.15, -0.1) is 0 Å². The largest absolute Gasteiger partial charge is 0.351 e. The molecule has 0 aliphatic heterocycles. The molecule has 1 aromatic carbocycles. The van der Waals surface area contributed by atoms with Gasteiger partial charge in [0.05, 0.1) is 0 Å². The highest BCUT2D eigenvalue weighted by Gasteiger charge is 2.17. The number of hydrogen-bond acceptors (Lipinski definition) is 2. The Bertz CT molecular complexity index is 415. The highest BCUT2D eigenvalue weighted by atomic mass is 79.9. The lowest BCUT2D eigenvalue weighted by molar-refractivity contribution is 0.0945. The second kappa shape index (κ2) is 6.80. The van der Waals surface area contributed by atoms with Crippen LogP contribution in [0.5, 0.6) is 0 Å². The number of carbonyl (C=O) groups is 1. The van der Waals surface area contributed by atoms with Gasteiger partial charge in [-0.25, -0.2) is 8.78 Å². The maximum atomic E-state index is 13.5. The minimum absolute atomic E-state index is 0.260. The molecule has 0 radical (unpaired) electrons. The lowest BCUT2D eigenvalue weighted by atomic mass is 10.2. The molecule has 0 unspecified atom stereocenters. The molecule has 6 heteroatoms. The molecule has 18 heavy (non-hydrogen) atoms. The standard InChI is InChI=1S/C12H15BrF2N2O/c1-7(2)16-3-4-17-12(18)11-9(14)5-8(13)6-10(11)15/h5-7,16H,3-4H2,1-2H3,(H,17,18). The normalized spacial score (nSPS) is 10.8. The van der Waals surface area contributed by atoms with E-state index in [9.17, 15) is 13.6 Å². The molecule has 0 atom stereocenters. The summed E-state index contributed by atoms with van der Waals surface area (Å²) in [5.74, 6) is -2.50. The molecule has 1 aromatic rings. The first-order valence-corrected chi connectivity index (χ1v) is 6.37. The van der Waals surface area contributed by atoms with Gasteiger partial charge in [-0.3, -0.25) is 4.79 Å². The van der Waals surface area contributed by atoms with Gasteiger partial charge in [-0.05, 0) is 12.1 Å². The van der Waals surface area contributed by atoms with Gasteiger partial charge in [0, 0.05) is 23.6 Å². The Morgan fingerprint density at radius 1 is 1.28 bits per heavy atom. The third-order valence-electron chi connectivity index (χ3n) is 2.20. The number of carbonyl (C=O) groups excluding carboxylic acids is 1. The van der Waals surface area contributed by atoms with Crippen LogP contribution < -0.4 is 10.6 Å². The highest BCUT2D eigenvalue weighted by molar-refractivity contribution is 9.10. The lowest BCUT2D eigenvalue weighted by Gasteiger charge is -2.10. The number of hydrogen-bond donors (Lipinski definition) is 2. The summed E-state index contributed by atoms with van der Waals surface area (Å²) in [5.41, 5.74) is -0.553. The highest BCUT2D eigenvalue weighted by Crippen LogP contribution is 2.19. The Balaban J connectivity index is 2.62. The molecule has 0 spiro atoms. The average molecular weight is 321 g/mol. The van der Waals surface area contributed by atoms with Crippen LogP contribution in [0.3, 0.4) is 0 Å². The smallest absolute Gasteiger partial charge is 0.257 e. The van der Waals surface area contributed by atoms with Crippen molar-refractivity contribution < 1.29 is 13.6 Å². The molecular formula is C12H15BrF2N2O. The quantitative estimate of drug-likeness (QED) is 0.818. The van der Waals surface area contributed by atoms with E-state index in [-0.39, 0.29) is 4.47 Å². The molecule has 1 amide bonds. The van der Waals surface area contributed by atoms with Gasteiger partial charge in [0.1, 0.15) is 17.2 Å². The van der Waals surface area contributed by atoms with Crippen LogP contribution in [0.1, 0.15) is 24.2 Å². The van der Waals surface area contributed by atoms with Crippen LogP contribution in [0, 0.1) is 11.6 Å². The SMILES string of the molecule is CC(C)NCCNC(=O)c1c(F)cc(Br)cc1F. The summed E-state index contributed by atoms with van der Waals surface area (Å²) < 4.78 is 27.2. The molecule has 3 nitrogen and oxygen atoms in total. The van der Waals surface area contributed by atoms with Crippen LogP contribution >= 0.6 is 15.9 Å². The van der Waals surface area contributed by atoms with Gasteiger partial charge in [-0.2, -0.15) is 0 Å². The molecule has 0 saturated carbocycles. The molecule has 0 heterocycles. The Hall–Kier alpha value is -1.01. The van der Waals surface area contributed by atoms with Gasteiger partial charge in [0.25, 0.3) is 5.91 Å². The molecule has 0 aliphatic carbocycles. The van der Waals surface area contributed by atoms with Crippen LogP contribution in [0.25, 0.3) is 0 Å². The first-order chi connectivity index (χ1) is 8.41. The van der Waals surface area contributed by atoms with E-state index in [0.29, 0.717) is 19.1 Å². The van der Waals surface area contributed by atoms with E-state index in [2.05, 4.69) is 26.6 Å². The second-order valence-corrected chi connectivity index (χ2v) is 5.02. The predicted octanol–water partition coefficient (Wildman–Crippen LogP) is 2.46. The Labute approximate surface area is 113 Å². The fourth-order valence-corrected chi connectivity index (χ4v) is 1.79. The van der Waals surface area contributed by atoms with E-state index in [1.54, 1.807) is 0 Å². The maximum absolute atomic E-state index is 13.5. The summed E-state index contributed by atoms with van der Waals surface area (Å²) in [6.45, 7) is 4.79. The van der Waals surface area contributed by atoms with Crippen molar-refractivity contribution >= 4 is 21.8 Å². The fourth-order valence-electron chi connectivity index (χ4n) is 1.38. The van der Waals surface area contributed by atoms with Gasteiger partial charge in [-0.1, -0.05) is 29.8 Å². The van der Waals surface area contributed by atoms with Crippen molar-refractivity contribution in [1.82, 2.24) is 10.6 Å². The van der Waals surface area contributed by atoms with Crippen molar-refractivity contribution in [3.63, 3.8) is 0 Å². The van der Waals surface area contributed by atoms with Crippen LogP contribution in [0.4, 0.5) is 8.78 Å². The van der Waals surface area contributed by atoms with Crippen molar-refractivity contribution in [3.8, 4) is 0 Å². The van der Waals surface area contributed by atoms with Crippen molar-refractivity contribution in [2.45, 2.75) is 19.9 Å². The molecule has 0 aliphatic rings. The van der Waals surface area contributed by atoms with Crippen LogP contribution in [-0.2, 0) is 0 Å². The summed E-state index contributed by atoms with van der Waals surface area (Å²) in [6.07, 6.45) is 0. The average Bonchev–Trinajstić information content (AvgIpc) is 2.22. The van der Waals surface area contributed by atoms with Gasteiger partial charge in [0.15, 0.2) is 0 Å². The third-order valence-corrected chi connectivity index (χ3v) is 2.65. The van der Waals surface area contributed by atoms with Gasteiger partial charge in [0.2, 0.25) is 0 Å². The van der Waals surface area contributed by atoms with E-state index in [0.717, 1.165) is 12.1 Å². The molecule has 2 N–H and O–H groups in total. The summed E-state index contributed by atoms with van der Waals surface area (Å²) in [4.78, 5) is 11.6. The third kappa shape index (κ3) is 4.34. The number of rotatable bonds is 5. The monoisotopic (exact) mass is 320 g/mol. The molecule has 0 bridgehead atoms. The Kier molecular flexibility index (Phi) is 5.68. The van der Waals surface area contributed by atoms with Crippen molar-refractivity contribution in [3.05, 3.63) is 33.8 Å². The first-order valence-electron chi connectivity index (χ1n) is 5.58. The molecule has 1 rings (SSSR count).